The van der Waals surface area contributed by atoms with E-state index in [1.54, 1.807) is 0 Å². The molecule has 0 aliphatic heterocycles. The maximum atomic E-state index is 13.7. The molecule has 2 rings (SSSR count). The van der Waals surface area contributed by atoms with Crippen molar-refractivity contribution >= 4 is 23.3 Å². The Balaban J connectivity index is 1.99. The average molecular weight is 335 g/mol. The number of benzene rings is 2. The minimum absolute atomic E-state index is 0.0919. The molecule has 0 saturated heterocycles. The Kier molecular flexibility index (Phi) is 5.61. The van der Waals surface area contributed by atoms with Crippen LogP contribution in [0.3, 0.4) is 0 Å². The molecule has 2 aromatic carbocycles. The minimum atomic E-state index is -0.568. The van der Waals surface area contributed by atoms with Gasteiger partial charge < -0.3 is 10.6 Å². The first-order valence-corrected chi connectivity index (χ1v) is 7.87. The van der Waals surface area contributed by atoms with Crippen LogP contribution in [0.4, 0.5) is 14.9 Å². The smallest absolute Gasteiger partial charge is 0.319 e. The molecular formula is C18H20ClFN2O. The van der Waals surface area contributed by atoms with E-state index in [9.17, 15) is 9.18 Å². The monoisotopic (exact) mass is 334 g/mol. The van der Waals surface area contributed by atoms with Gasteiger partial charge in [-0.2, -0.15) is 0 Å². The summed E-state index contributed by atoms with van der Waals surface area (Å²) < 4.78 is 13.7. The van der Waals surface area contributed by atoms with Gasteiger partial charge in [-0.15, -0.1) is 0 Å². The van der Waals surface area contributed by atoms with E-state index in [4.69, 9.17) is 11.6 Å². The van der Waals surface area contributed by atoms with Crippen molar-refractivity contribution in [1.82, 2.24) is 5.32 Å². The summed E-state index contributed by atoms with van der Waals surface area (Å²) in [6, 6.07) is 11.5. The molecule has 0 fully saturated rings. The van der Waals surface area contributed by atoms with Crippen molar-refractivity contribution in [2.24, 2.45) is 0 Å². The molecule has 0 radical (unpaired) electrons. The second kappa shape index (κ2) is 7.47. The molecule has 23 heavy (non-hydrogen) atoms. The Morgan fingerprint density at radius 3 is 2.22 bits per heavy atom. The van der Waals surface area contributed by atoms with Crippen LogP contribution in [0, 0.1) is 5.82 Å². The molecule has 1 atom stereocenters. The van der Waals surface area contributed by atoms with Crippen molar-refractivity contribution < 1.29 is 9.18 Å². The molecule has 2 N–H and O–H groups in total. The third kappa shape index (κ3) is 4.70. The van der Waals surface area contributed by atoms with Crippen LogP contribution in [-0.4, -0.2) is 6.03 Å². The summed E-state index contributed by atoms with van der Waals surface area (Å²) in [5.41, 5.74) is 2.32. The molecular weight excluding hydrogens is 315 g/mol. The molecule has 0 aliphatic carbocycles. The topological polar surface area (TPSA) is 41.1 Å². The molecule has 2 amide bonds. The maximum absolute atomic E-state index is 13.7. The highest BCUT2D eigenvalue weighted by molar-refractivity contribution is 6.30. The number of carbonyl (C=O) groups is 1. The van der Waals surface area contributed by atoms with E-state index >= 15 is 0 Å². The zero-order valence-electron chi connectivity index (χ0n) is 13.4. The number of halogens is 2. The number of hydrogen-bond donors (Lipinski definition) is 2. The predicted molar refractivity (Wildman–Crippen MR) is 92.5 cm³/mol. The van der Waals surface area contributed by atoms with Gasteiger partial charge in [0.05, 0.1) is 11.7 Å². The summed E-state index contributed by atoms with van der Waals surface area (Å²) in [6.45, 7) is 6.14. The van der Waals surface area contributed by atoms with Crippen molar-refractivity contribution in [3.8, 4) is 0 Å². The van der Waals surface area contributed by atoms with Gasteiger partial charge in [-0.25, -0.2) is 9.18 Å². The molecule has 0 bridgehead atoms. The van der Waals surface area contributed by atoms with E-state index in [1.165, 1.54) is 17.7 Å². The highest BCUT2D eigenvalue weighted by atomic mass is 35.5. The first-order valence-electron chi connectivity index (χ1n) is 7.49. The van der Waals surface area contributed by atoms with Gasteiger partial charge in [0, 0.05) is 5.02 Å². The molecule has 0 aliphatic rings. The summed E-state index contributed by atoms with van der Waals surface area (Å²) in [4.78, 5) is 12.0. The van der Waals surface area contributed by atoms with Crippen LogP contribution >= 0.6 is 11.6 Å². The van der Waals surface area contributed by atoms with E-state index in [0.29, 0.717) is 5.92 Å². The second-order valence-electron chi connectivity index (χ2n) is 5.77. The van der Waals surface area contributed by atoms with Crippen LogP contribution in [0.5, 0.6) is 0 Å². The Morgan fingerprint density at radius 2 is 1.65 bits per heavy atom. The van der Waals surface area contributed by atoms with Crippen molar-refractivity contribution in [3.63, 3.8) is 0 Å². The third-order valence-corrected chi connectivity index (χ3v) is 3.87. The maximum Gasteiger partial charge on any atom is 0.319 e. The molecule has 0 saturated carbocycles. The van der Waals surface area contributed by atoms with E-state index in [1.807, 2.05) is 19.1 Å². The summed E-state index contributed by atoms with van der Waals surface area (Å²) in [7, 11) is 0. The van der Waals surface area contributed by atoms with Gasteiger partial charge >= 0.3 is 6.03 Å². The van der Waals surface area contributed by atoms with Crippen molar-refractivity contribution in [2.75, 3.05) is 5.32 Å². The summed E-state index contributed by atoms with van der Waals surface area (Å²) in [5, 5.41) is 5.55. The Labute approximate surface area is 140 Å². The lowest BCUT2D eigenvalue weighted by molar-refractivity contribution is 0.249. The first kappa shape index (κ1) is 17.3. The van der Waals surface area contributed by atoms with Crippen LogP contribution in [0.1, 0.15) is 43.9 Å². The minimum Gasteiger partial charge on any atom is -0.331 e. The van der Waals surface area contributed by atoms with Gasteiger partial charge in [-0.05, 0) is 42.2 Å². The fourth-order valence-electron chi connectivity index (χ4n) is 2.20. The molecule has 1 unspecified atom stereocenters. The number of anilines is 1. The van der Waals surface area contributed by atoms with Gasteiger partial charge in [-0.3, -0.25) is 0 Å². The number of amides is 2. The lowest BCUT2D eigenvalue weighted by Crippen LogP contribution is -2.31. The molecule has 5 heteroatoms. The number of nitrogens with one attached hydrogen (secondary N) is 2. The van der Waals surface area contributed by atoms with Crippen molar-refractivity contribution in [1.29, 1.82) is 0 Å². The fourth-order valence-corrected chi connectivity index (χ4v) is 2.36. The normalized spacial score (nSPS) is 12.1. The molecule has 3 nitrogen and oxygen atoms in total. The second-order valence-corrected chi connectivity index (χ2v) is 6.20. The van der Waals surface area contributed by atoms with Gasteiger partial charge in [0.2, 0.25) is 0 Å². The van der Waals surface area contributed by atoms with Crippen LogP contribution in [-0.2, 0) is 0 Å². The predicted octanol–water partition coefficient (Wildman–Crippen LogP) is 5.49. The summed E-state index contributed by atoms with van der Waals surface area (Å²) in [6.07, 6.45) is 0. The number of rotatable bonds is 4. The first-order chi connectivity index (χ1) is 10.9. The van der Waals surface area contributed by atoms with Crippen LogP contribution in [0.25, 0.3) is 0 Å². The van der Waals surface area contributed by atoms with E-state index in [2.05, 4.69) is 36.6 Å². The summed E-state index contributed by atoms with van der Waals surface area (Å²) in [5.74, 6) is -0.106. The van der Waals surface area contributed by atoms with Crippen LogP contribution in [0.15, 0.2) is 42.5 Å². The van der Waals surface area contributed by atoms with Crippen molar-refractivity contribution in [2.45, 2.75) is 32.7 Å². The fraction of sp³-hybridized carbons (Fsp3) is 0.278. The highest BCUT2D eigenvalue weighted by Crippen LogP contribution is 2.20. The SMILES string of the molecule is CC(C)c1ccc(C(C)NC(=O)Nc2ccc(Cl)cc2F)cc1. The molecule has 122 valence electrons. The number of carbonyl (C=O) groups excluding carboxylic acids is 1. The Hall–Kier alpha value is -2.07. The van der Waals surface area contributed by atoms with Crippen LogP contribution < -0.4 is 10.6 Å². The number of urea groups is 1. The molecule has 0 heterocycles. The number of hydrogen-bond acceptors (Lipinski definition) is 1. The average Bonchev–Trinajstić information content (AvgIpc) is 2.50. The van der Waals surface area contributed by atoms with Crippen molar-refractivity contribution in [3.05, 3.63) is 64.4 Å². The molecule has 0 spiro atoms. The third-order valence-electron chi connectivity index (χ3n) is 3.63. The summed E-state index contributed by atoms with van der Waals surface area (Å²) >= 11 is 5.68. The highest BCUT2D eigenvalue weighted by Gasteiger charge is 2.12. The van der Waals surface area contributed by atoms with Crippen LogP contribution in [0.2, 0.25) is 5.02 Å². The van der Waals surface area contributed by atoms with E-state index in [0.717, 1.165) is 11.6 Å². The molecule has 0 aromatic heterocycles. The zero-order chi connectivity index (χ0) is 17.0. The van der Waals surface area contributed by atoms with Gasteiger partial charge in [0.1, 0.15) is 5.82 Å². The van der Waals surface area contributed by atoms with E-state index in [-0.39, 0.29) is 16.8 Å². The lowest BCUT2D eigenvalue weighted by atomic mass is 10.00. The molecule has 2 aromatic rings. The van der Waals surface area contributed by atoms with E-state index < -0.39 is 11.8 Å². The van der Waals surface area contributed by atoms with Gasteiger partial charge in [0.25, 0.3) is 0 Å². The quantitative estimate of drug-likeness (QED) is 0.763. The van der Waals surface area contributed by atoms with Gasteiger partial charge in [0.15, 0.2) is 0 Å². The standard InChI is InChI=1S/C18H20ClFN2O/c1-11(2)13-4-6-14(7-5-13)12(3)21-18(23)22-17-9-8-15(19)10-16(17)20/h4-12H,1-3H3,(H2,21,22,23). The Bertz CT molecular complexity index is 686. The lowest BCUT2D eigenvalue weighted by Gasteiger charge is -2.16. The largest absolute Gasteiger partial charge is 0.331 e. The Morgan fingerprint density at radius 1 is 1.04 bits per heavy atom. The van der Waals surface area contributed by atoms with Gasteiger partial charge in [-0.1, -0.05) is 49.7 Å². The zero-order valence-corrected chi connectivity index (χ0v) is 14.1.